The second-order valence-electron chi connectivity index (χ2n) is 7.65. The van der Waals surface area contributed by atoms with Gasteiger partial charge in [-0.15, -0.1) is 0 Å². The maximum atomic E-state index is 12.8. The lowest BCUT2D eigenvalue weighted by atomic mass is 10.0. The molecular formula is C22H27N3O5S. The molecule has 1 aliphatic rings. The molecule has 0 atom stereocenters. The Morgan fingerprint density at radius 2 is 1.52 bits per heavy atom. The molecule has 2 aromatic carbocycles. The molecule has 2 amide bonds. The fraction of sp³-hybridized carbons (Fsp3) is 0.364. The first-order valence-electron chi connectivity index (χ1n) is 10.1. The summed E-state index contributed by atoms with van der Waals surface area (Å²) >= 11 is 0. The molecule has 2 aromatic rings. The normalized spacial score (nSPS) is 15.3. The van der Waals surface area contributed by atoms with Crippen molar-refractivity contribution in [2.75, 3.05) is 30.3 Å². The van der Waals surface area contributed by atoms with Gasteiger partial charge in [0.25, 0.3) is 5.91 Å². The van der Waals surface area contributed by atoms with Crippen LogP contribution in [-0.2, 0) is 19.6 Å². The summed E-state index contributed by atoms with van der Waals surface area (Å²) < 4.78 is 32.5. The van der Waals surface area contributed by atoms with E-state index in [1.807, 2.05) is 0 Å². The van der Waals surface area contributed by atoms with Crippen LogP contribution in [0, 0.1) is 5.92 Å². The van der Waals surface area contributed by atoms with Gasteiger partial charge in [-0.05, 0) is 67.3 Å². The number of hydrogen-bond donors (Lipinski definition) is 2. The lowest BCUT2D eigenvalue weighted by Crippen LogP contribution is -2.37. The fourth-order valence-electron chi connectivity index (χ4n) is 3.27. The Morgan fingerprint density at radius 1 is 0.968 bits per heavy atom. The minimum absolute atomic E-state index is 0.172. The molecule has 1 aliphatic heterocycles. The standard InChI is InChI=1S/C22H27N3O5S/c1-16-11-13-25(14-12-16)31(28,29)21-9-7-20(8-10-21)30-15-22(27)24-19-5-3-18(4-6-19)23-17(2)26/h3-10,16H,11-15H2,1-2H3,(H,23,26)(H,24,27). The van der Waals surface area contributed by atoms with Gasteiger partial charge in [0.15, 0.2) is 6.61 Å². The van der Waals surface area contributed by atoms with Crippen molar-refractivity contribution in [1.82, 2.24) is 4.31 Å². The smallest absolute Gasteiger partial charge is 0.262 e. The molecule has 0 spiro atoms. The van der Waals surface area contributed by atoms with Gasteiger partial charge in [-0.3, -0.25) is 9.59 Å². The minimum Gasteiger partial charge on any atom is -0.484 e. The van der Waals surface area contributed by atoms with Gasteiger partial charge in [-0.2, -0.15) is 4.31 Å². The highest BCUT2D eigenvalue weighted by molar-refractivity contribution is 7.89. The molecule has 2 N–H and O–H groups in total. The van der Waals surface area contributed by atoms with Crippen LogP contribution in [0.15, 0.2) is 53.4 Å². The summed E-state index contributed by atoms with van der Waals surface area (Å²) in [5, 5.41) is 5.34. The van der Waals surface area contributed by atoms with Crippen molar-refractivity contribution in [2.24, 2.45) is 5.92 Å². The summed E-state index contributed by atoms with van der Waals surface area (Å²) in [6.07, 6.45) is 1.73. The third-order valence-corrected chi connectivity index (χ3v) is 6.98. The van der Waals surface area contributed by atoms with Gasteiger partial charge in [-0.1, -0.05) is 6.92 Å². The molecule has 3 rings (SSSR count). The number of rotatable bonds is 7. The van der Waals surface area contributed by atoms with Crippen LogP contribution in [0.1, 0.15) is 26.7 Å². The highest BCUT2D eigenvalue weighted by Gasteiger charge is 2.27. The zero-order chi connectivity index (χ0) is 22.4. The molecule has 0 radical (unpaired) electrons. The third kappa shape index (κ3) is 6.28. The molecule has 0 aliphatic carbocycles. The predicted octanol–water partition coefficient (Wildman–Crippen LogP) is 3.08. The topological polar surface area (TPSA) is 105 Å². The van der Waals surface area contributed by atoms with Crippen LogP contribution in [0.5, 0.6) is 5.75 Å². The van der Waals surface area contributed by atoms with Crippen LogP contribution in [0.25, 0.3) is 0 Å². The highest BCUT2D eigenvalue weighted by Crippen LogP contribution is 2.24. The zero-order valence-corrected chi connectivity index (χ0v) is 18.4. The molecule has 1 heterocycles. The molecule has 1 saturated heterocycles. The number of nitrogens with one attached hydrogen (secondary N) is 2. The van der Waals surface area contributed by atoms with Gasteiger partial charge in [0, 0.05) is 31.4 Å². The van der Waals surface area contributed by atoms with Crippen LogP contribution in [0.2, 0.25) is 0 Å². The summed E-state index contributed by atoms with van der Waals surface area (Å²) in [7, 11) is -3.51. The van der Waals surface area contributed by atoms with E-state index in [1.54, 1.807) is 36.4 Å². The molecule has 0 unspecified atom stereocenters. The number of hydrogen-bond acceptors (Lipinski definition) is 5. The predicted molar refractivity (Wildman–Crippen MR) is 118 cm³/mol. The summed E-state index contributed by atoms with van der Waals surface area (Å²) in [6, 6.07) is 12.8. The first kappa shape index (κ1) is 22.8. The molecule has 0 saturated carbocycles. The van der Waals surface area contributed by atoms with Crippen molar-refractivity contribution >= 4 is 33.2 Å². The van der Waals surface area contributed by atoms with E-state index in [0.29, 0.717) is 36.1 Å². The van der Waals surface area contributed by atoms with Crippen LogP contribution in [-0.4, -0.2) is 44.2 Å². The van der Waals surface area contributed by atoms with Crippen molar-refractivity contribution in [1.29, 1.82) is 0 Å². The lowest BCUT2D eigenvalue weighted by molar-refractivity contribution is -0.118. The summed E-state index contributed by atoms with van der Waals surface area (Å²) in [5.74, 6) is 0.423. The van der Waals surface area contributed by atoms with E-state index < -0.39 is 10.0 Å². The van der Waals surface area contributed by atoms with Gasteiger partial charge >= 0.3 is 0 Å². The average molecular weight is 446 g/mol. The van der Waals surface area contributed by atoms with E-state index in [0.717, 1.165) is 12.8 Å². The van der Waals surface area contributed by atoms with E-state index in [1.165, 1.54) is 23.4 Å². The van der Waals surface area contributed by atoms with Gasteiger partial charge < -0.3 is 15.4 Å². The number of ether oxygens (including phenoxy) is 1. The van der Waals surface area contributed by atoms with Crippen molar-refractivity contribution in [3.63, 3.8) is 0 Å². The Labute approximate surface area is 182 Å². The van der Waals surface area contributed by atoms with Crippen LogP contribution < -0.4 is 15.4 Å². The third-order valence-electron chi connectivity index (χ3n) is 5.06. The molecule has 31 heavy (non-hydrogen) atoms. The van der Waals surface area contributed by atoms with Crippen LogP contribution in [0.4, 0.5) is 11.4 Å². The SMILES string of the molecule is CC(=O)Nc1ccc(NC(=O)COc2ccc(S(=O)(=O)N3CCC(C)CC3)cc2)cc1. The number of carbonyl (C=O) groups excluding carboxylic acids is 2. The zero-order valence-electron chi connectivity index (χ0n) is 17.6. The Hall–Kier alpha value is -2.91. The molecule has 8 nitrogen and oxygen atoms in total. The van der Waals surface area contributed by atoms with Gasteiger partial charge in [0.2, 0.25) is 15.9 Å². The van der Waals surface area contributed by atoms with Crippen molar-refractivity contribution in [2.45, 2.75) is 31.6 Å². The van der Waals surface area contributed by atoms with Crippen LogP contribution in [0.3, 0.4) is 0 Å². The number of nitrogens with zero attached hydrogens (tertiary/aromatic N) is 1. The second kappa shape index (κ2) is 9.93. The van der Waals surface area contributed by atoms with Crippen molar-refractivity contribution in [3.8, 4) is 5.75 Å². The van der Waals surface area contributed by atoms with E-state index >= 15 is 0 Å². The minimum atomic E-state index is -3.51. The maximum Gasteiger partial charge on any atom is 0.262 e. The Kier molecular flexibility index (Phi) is 7.29. The van der Waals surface area contributed by atoms with E-state index in [9.17, 15) is 18.0 Å². The summed E-state index contributed by atoms with van der Waals surface area (Å²) in [5.41, 5.74) is 1.20. The Balaban J connectivity index is 1.51. The van der Waals surface area contributed by atoms with Gasteiger partial charge in [0.1, 0.15) is 5.75 Å². The second-order valence-corrected chi connectivity index (χ2v) is 9.59. The number of piperidine rings is 1. The number of benzene rings is 2. The van der Waals surface area contributed by atoms with Gasteiger partial charge in [0.05, 0.1) is 4.90 Å². The number of sulfonamides is 1. The number of carbonyl (C=O) groups is 2. The molecule has 0 bridgehead atoms. The fourth-order valence-corrected chi connectivity index (χ4v) is 4.74. The maximum absolute atomic E-state index is 12.8. The highest BCUT2D eigenvalue weighted by atomic mass is 32.2. The quantitative estimate of drug-likeness (QED) is 0.681. The molecule has 166 valence electrons. The van der Waals surface area contributed by atoms with E-state index in [4.69, 9.17) is 4.74 Å². The average Bonchev–Trinajstić information content (AvgIpc) is 2.74. The van der Waals surface area contributed by atoms with Gasteiger partial charge in [-0.25, -0.2) is 8.42 Å². The monoisotopic (exact) mass is 445 g/mol. The molecular weight excluding hydrogens is 418 g/mol. The summed E-state index contributed by atoms with van der Waals surface area (Å²) in [6.45, 7) is 4.40. The van der Waals surface area contributed by atoms with Crippen molar-refractivity contribution < 1.29 is 22.7 Å². The molecule has 9 heteroatoms. The van der Waals surface area contributed by atoms with E-state index in [2.05, 4.69) is 17.6 Å². The number of anilines is 2. The summed E-state index contributed by atoms with van der Waals surface area (Å²) in [4.78, 5) is 23.4. The Morgan fingerprint density at radius 3 is 2.06 bits per heavy atom. The first-order valence-corrected chi connectivity index (χ1v) is 11.6. The molecule has 0 aromatic heterocycles. The van der Waals surface area contributed by atoms with Crippen LogP contribution >= 0.6 is 0 Å². The first-order chi connectivity index (χ1) is 14.7. The largest absolute Gasteiger partial charge is 0.484 e. The molecule has 1 fully saturated rings. The van der Waals surface area contributed by atoms with E-state index in [-0.39, 0.29) is 23.3 Å². The van der Waals surface area contributed by atoms with Crippen molar-refractivity contribution in [3.05, 3.63) is 48.5 Å². The Bertz CT molecular complexity index is 1010. The number of amides is 2. The lowest BCUT2D eigenvalue weighted by Gasteiger charge is -2.29.